The Hall–Kier alpha value is -2.73. The molecule has 0 saturated carbocycles. The number of amides is 2. The van der Waals surface area contributed by atoms with Gasteiger partial charge in [-0.2, -0.15) is 0 Å². The maximum absolute atomic E-state index is 12.3. The monoisotopic (exact) mass is 365 g/mol. The number of thioether (sulfide) groups is 1. The zero-order valence-corrected chi connectivity index (χ0v) is 15.0. The number of carbonyl (C=O) groups is 2. The van der Waals surface area contributed by atoms with Gasteiger partial charge in [0.25, 0.3) is 5.91 Å². The summed E-state index contributed by atoms with van der Waals surface area (Å²) in [6, 6.07) is 13.9. The molecule has 0 atom stereocenters. The van der Waals surface area contributed by atoms with E-state index < -0.39 is 0 Å². The van der Waals surface area contributed by atoms with Gasteiger partial charge in [0.15, 0.2) is 0 Å². The molecule has 0 spiro atoms. The van der Waals surface area contributed by atoms with Crippen molar-refractivity contribution in [2.45, 2.75) is 24.2 Å². The smallest absolute Gasteiger partial charge is 0.271 e. The highest BCUT2D eigenvalue weighted by Crippen LogP contribution is 2.27. The topological polar surface area (TPSA) is 74.0 Å². The van der Waals surface area contributed by atoms with E-state index in [1.54, 1.807) is 6.20 Å². The Morgan fingerprint density at radius 3 is 2.81 bits per heavy atom. The third kappa shape index (κ3) is 3.46. The van der Waals surface area contributed by atoms with Gasteiger partial charge in [0.2, 0.25) is 5.91 Å². The highest BCUT2D eigenvalue weighted by atomic mass is 32.2. The Balaban J connectivity index is 1.30. The lowest BCUT2D eigenvalue weighted by Gasteiger charge is -2.08. The van der Waals surface area contributed by atoms with Gasteiger partial charge in [-0.25, -0.2) is 0 Å². The number of hydrogen-bond donors (Lipinski definition) is 3. The van der Waals surface area contributed by atoms with Crippen molar-refractivity contribution in [3.05, 3.63) is 65.4 Å². The minimum atomic E-state index is -0.335. The molecule has 2 aromatic carbocycles. The number of H-pyrrole nitrogens is 1. The molecule has 1 aliphatic carbocycles. The van der Waals surface area contributed by atoms with Gasteiger partial charge < -0.3 is 4.98 Å². The van der Waals surface area contributed by atoms with E-state index in [9.17, 15) is 9.59 Å². The molecule has 132 valence electrons. The first-order chi connectivity index (χ1) is 12.7. The number of hydrazine groups is 1. The summed E-state index contributed by atoms with van der Waals surface area (Å²) >= 11 is 1.48. The Kier molecular flexibility index (Phi) is 4.67. The first-order valence-corrected chi connectivity index (χ1v) is 9.59. The van der Waals surface area contributed by atoms with Crippen LogP contribution in [0.25, 0.3) is 10.9 Å². The van der Waals surface area contributed by atoms with Crippen molar-refractivity contribution in [2.24, 2.45) is 0 Å². The summed E-state index contributed by atoms with van der Waals surface area (Å²) in [7, 11) is 0. The van der Waals surface area contributed by atoms with Gasteiger partial charge in [-0.05, 0) is 48.6 Å². The number of benzene rings is 2. The largest absolute Gasteiger partial charge is 0.360 e. The third-order valence-electron chi connectivity index (χ3n) is 4.59. The van der Waals surface area contributed by atoms with Crippen molar-refractivity contribution >= 4 is 34.5 Å². The number of aryl methyl sites for hydroxylation is 2. The second kappa shape index (κ2) is 7.25. The molecule has 0 aliphatic heterocycles. The van der Waals surface area contributed by atoms with Crippen LogP contribution in [0.3, 0.4) is 0 Å². The molecule has 4 rings (SSSR count). The van der Waals surface area contributed by atoms with Gasteiger partial charge in [-0.1, -0.05) is 24.3 Å². The van der Waals surface area contributed by atoms with Crippen LogP contribution in [0.4, 0.5) is 0 Å². The second-order valence-corrected chi connectivity index (χ2v) is 7.37. The predicted octanol–water partition coefficient (Wildman–Crippen LogP) is 3.21. The third-order valence-corrected chi connectivity index (χ3v) is 5.58. The van der Waals surface area contributed by atoms with Crippen molar-refractivity contribution in [1.82, 2.24) is 15.8 Å². The lowest BCUT2D eigenvalue weighted by atomic mass is 10.1. The molecule has 0 fully saturated rings. The fourth-order valence-electron chi connectivity index (χ4n) is 3.28. The standard InChI is InChI=1S/C20H19N3O2S/c24-19(12-26-15-9-8-13-4-3-5-14(13)10-15)22-23-20(25)17-11-21-18-7-2-1-6-16(17)18/h1-2,6-11,21H,3-5,12H2,(H,22,24)(H,23,25). The minimum absolute atomic E-state index is 0.233. The first kappa shape index (κ1) is 16.7. The average molecular weight is 365 g/mol. The molecular formula is C20H19N3O2S. The Morgan fingerprint density at radius 1 is 1.04 bits per heavy atom. The van der Waals surface area contributed by atoms with Crippen LogP contribution in [0.5, 0.6) is 0 Å². The zero-order valence-electron chi connectivity index (χ0n) is 14.2. The average Bonchev–Trinajstić information content (AvgIpc) is 3.30. The van der Waals surface area contributed by atoms with Gasteiger partial charge in [0.05, 0.1) is 11.3 Å². The first-order valence-electron chi connectivity index (χ1n) is 8.60. The van der Waals surface area contributed by atoms with Gasteiger partial charge in [-0.3, -0.25) is 20.4 Å². The van der Waals surface area contributed by atoms with Crippen LogP contribution in [0.2, 0.25) is 0 Å². The lowest BCUT2D eigenvalue weighted by molar-refractivity contribution is -0.119. The van der Waals surface area contributed by atoms with Crippen LogP contribution in [-0.2, 0) is 17.6 Å². The van der Waals surface area contributed by atoms with Crippen LogP contribution in [0.15, 0.2) is 53.6 Å². The van der Waals surface area contributed by atoms with Crippen molar-refractivity contribution in [2.75, 3.05) is 5.75 Å². The second-order valence-electron chi connectivity index (χ2n) is 6.32. The Bertz CT molecular complexity index is 980. The van der Waals surface area contributed by atoms with E-state index in [1.807, 2.05) is 24.3 Å². The Morgan fingerprint density at radius 2 is 1.88 bits per heavy atom. The maximum Gasteiger partial charge on any atom is 0.271 e. The number of para-hydroxylation sites is 1. The van der Waals surface area contributed by atoms with E-state index in [2.05, 4.69) is 34.0 Å². The molecule has 3 N–H and O–H groups in total. The summed E-state index contributed by atoms with van der Waals surface area (Å²) < 4.78 is 0. The van der Waals surface area contributed by atoms with E-state index in [0.29, 0.717) is 5.56 Å². The normalized spacial score (nSPS) is 12.8. The van der Waals surface area contributed by atoms with Crippen molar-refractivity contribution in [3.8, 4) is 0 Å². The van der Waals surface area contributed by atoms with Crippen LogP contribution in [0, 0.1) is 0 Å². The molecule has 6 heteroatoms. The van der Waals surface area contributed by atoms with Crippen molar-refractivity contribution in [1.29, 1.82) is 0 Å². The van der Waals surface area contributed by atoms with E-state index in [0.717, 1.165) is 28.6 Å². The fraction of sp³-hybridized carbons (Fsp3) is 0.200. The number of fused-ring (bicyclic) bond motifs is 2. The molecule has 3 aromatic rings. The summed E-state index contributed by atoms with van der Waals surface area (Å²) in [6.45, 7) is 0. The van der Waals surface area contributed by atoms with Crippen molar-refractivity contribution in [3.63, 3.8) is 0 Å². The molecule has 1 heterocycles. The van der Waals surface area contributed by atoms with E-state index >= 15 is 0 Å². The number of carbonyl (C=O) groups excluding carboxylic acids is 2. The van der Waals surface area contributed by atoms with Gasteiger partial charge in [0.1, 0.15) is 0 Å². The fourth-order valence-corrected chi connectivity index (χ4v) is 4.04. The number of hydrogen-bond acceptors (Lipinski definition) is 3. The molecule has 26 heavy (non-hydrogen) atoms. The molecular weight excluding hydrogens is 346 g/mol. The summed E-state index contributed by atoms with van der Waals surface area (Å²) in [5.41, 5.74) is 9.17. The lowest BCUT2D eigenvalue weighted by Crippen LogP contribution is -2.42. The van der Waals surface area contributed by atoms with Crippen molar-refractivity contribution < 1.29 is 9.59 Å². The molecule has 1 aliphatic rings. The molecule has 0 bridgehead atoms. The van der Waals surface area contributed by atoms with Gasteiger partial charge in [-0.15, -0.1) is 11.8 Å². The predicted molar refractivity (Wildman–Crippen MR) is 103 cm³/mol. The van der Waals surface area contributed by atoms with Crippen LogP contribution < -0.4 is 10.9 Å². The van der Waals surface area contributed by atoms with Crippen LogP contribution >= 0.6 is 11.8 Å². The summed E-state index contributed by atoms with van der Waals surface area (Å²) in [6.07, 6.45) is 5.13. The van der Waals surface area contributed by atoms with E-state index in [4.69, 9.17) is 0 Å². The summed E-state index contributed by atoms with van der Waals surface area (Å²) in [4.78, 5) is 28.4. The molecule has 0 saturated heterocycles. The number of nitrogens with one attached hydrogen (secondary N) is 3. The van der Waals surface area contributed by atoms with Crippen LogP contribution in [-0.4, -0.2) is 22.6 Å². The molecule has 0 radical (unpaired) electrons. The quantitative estimate of drug-likeness (QED) is 0.491. The SMILES string of the molecule is O=C(CSc1ccc2c(c1)CCC2)NNC(=O)c1c[nH]c2ccccc12. The number of aromatic nitrogens is 1. The summed E-state index contributed by atoms with van der Waals surface area (Å²) in [5, 5.41) is 0.826. The maximum atomic E-state index is 12.3. The highest BCUT2D eigenvalue weighted by molar-refractivity contribution is 8.00. The minimum Gasteiger partial charge on any atom is -0.360 e. The molecule has 5 nitrogen and oxygen atoms in total. The number of rotatable bonds is 4. The van der Waals surface area contributed by atoms with E-state index in [-0.39, 0.29) is 17.6 Å². The molecule has 0 unspecified atom stereocenters. The van der Waals surface area contributed by atoms with Crippen LogP contribution in [0.1, 0.15) is 27.9 Å². The van der Waals surface area contributed by atoms with Gasteiger partial charge >= 0.3 is 0 Å². The zero-order chi connectivity index (χ0) is 17.9. The van der Waals surface area contributed by atoms with E-state index in [1.165, 1.54) is 29.3 Å². The highest BCUT2D eigenvalue weighted by Gasteiger charge is 2.14. The molecule has 1 aromatic heterocycles. The summed E-state index contributed by atoms with van der Waals surface area (Å²) in [5.74, 6) is -0.311. The van der Waals surface area contributed by atoms with Gasteiger partial charge in [0, 0.05) is 22.0 Å². The molecule has 2 amide bonds. The number of aromatic amines is 1. The Labute approximate surface area is 155 Å².